The predicted octanol–water partition coefficient (Wildman–Crippen LogP) is 7.38. The predicted molar refractivity (Wildman–Crippen MR) is 102 cm³/mol. The minimum absolute atomic E-state index is 0.874. The van der Waals surface area contributed by atoms with Crippen LogP contribution in [-0.2, 0) is 0 Å². The fourth-order valence-electron chi connectivity index (χ4n) is 3.22. The molecule has 22 heavy (non-hydrogen) atoms. The van der Waals surface area contributed by atoms with Crippen molar-refractivity contribution < 1.29 is 0 Å². The molecule has 0 spiro atoms. The molecule has 0 aliphatic carbocycles. The fraction of sp³-hybridized carbons (Fsp3) is 1.00. The molecule has 0 unspecified atom stereocenters. The van der Waals surface area contributed by atoms with E-state index >= 15 is 0 Å². The van der Waals surface area contributed by atoms with E-state index in [0.717, 1.165) is 6.54 Å². The van der Waals surface area contributed by atoms with Gasteiger partial charge in [-0.1, -0.05) is 122 Å². The molecule has 134 valence electrons. The van der Waals surface area contributed by atoms with Crippen LogP contribution in [0.3, 0.4) is 0 Å². The van der Waals surface area contributed by atoms with Gasteiger partial charge in [-0.05, 0) is 13.0 Å². The normalized spacial score (nSPS) is 11.2. The monoisotopic (exact) mass is 311 g/mol. The van der Waals surface area contributed by atoms with Gasteiger partial charge in [0.05, 0.1) is 0 Å². The zero-order valence-electron chi connectivity index (χ0n) is 15.7. The summed E-state index contributed by atoms with van der Waals surface area (Å²) in [6, 6.07) is 0. The molecular weight excluding hydrogens is 266 g/mol. The Kier molecular flexibility index (Phi) is 20.9. The minimum Gasteiger partial charge on any atom is -0.330 e. The number of rotatable bonds is 19. The van der Waals surface area contributed by atoms with E-state index in [1.807, 2.05) is 0 Å². The van der Waals surface area contributed by atoms with Crippen molar-refractivity contribution in [1.29, 1.82) is 0 Å². The van der Waals surface area contributed by atoms with Crippen LogP contribution in [0, 0.1) is 0 Å². The zero-order chi connectivity index (χ0) is 16.1. The third kappa shape index (κ3) is 20.0. The zero-order valence-corrected chi connectivity index (χ0v) is 15.7. The van der Waals surface area contributed by atoms with Crippen molar-refractivity contribution in [2.75, 3.05) is 6.54 Å². The highest BCUT2D eigenvalue weighted by molar-refractivity contribution is 4.50. The summed E-state index contributed by atoms with van der Waals surface area (Å²) in [7, 11) is 0. The van der Waals surface area contributed by atoms with Gasteiger partial charge < -0.3 is 5.73 Å². The molecule has 0 fully saturated rings. The Balaban J connectivity index is 2.91. The van der Waals surface area contributed by atoms with Gasteiger partial charge in [-0.15, -0.1) is 0 Å². The molecule has 0 saturated carbocycles. The van der Waals surface area contributed by atoms with Crippen LogP contribution in [-0.4, -0.2) is 6.54 Å². The van der Waals surface area contributed by atoms with Crippen molar-refractivity contribution in [3.05, 3.63) is 0 Å². The first kappa shape index (κ1) is 22.0. The van der Waals surface area contributed by atoms with Crippen LogP contribution >= 0.6 is 0 Å². The summed E-state index contributed by atoms with van der Waals surface area (Å²) in [6.45, 7) is 3.17. The van der Waals surface area contributed by atoms with E-state index in [-0.39, 0.29) is 0 Å². The van der Waals surface area contributed by atoms with Crippen LogP contribution in [0.5, 0.6) is 0 Å². The van der Waals surface area contributed by atoms with Crippen molar-refractivity contribution in [3.8, 4) is 0 Å². The molecule has 0 amide bonds. The maximum atomic E-state index is 5.50. The Morgan fingerprint density at radius 1 is 0.364 bits per heavy atom. The summed E-state index contributed by atoms with van der Waals surface area (Å²) < 4.78 is 0. The molecule has 0 aromatic rings. The maximum absolute atomic E-state index is 5.50. The lowest BCUT2D eigenvalue weighted by atomic mass is 10.0. The van der Waals surface area contributed by atoms with Gasteiger partial charge in [-0.25, -0.2) is 0 Å². The lowest BCUT2D eigenvalue weighted by Crippen LogP contribution is -1.97. The van der Waals surface area contributed by atoms with Crippen LogP contribution < -0.4 is 5.73 Å². The van der Waals surface area contributed by atoms with E-state index in [2.05, 4.69) is 6.92 Å². The Morgan fingerprint density at radius 2 is 0.591 bits per heavy atom. The highest BCUT2D eigenvalue weighted by Crippen LogP contribution is 2.14. The molecule has 1 heteroatoms. The second-order valence-corrected chi connectivity index (χ2v) is 7.15. The van der Waals surface area contributed by atoms with Gasteiger partial charge in [0.15, 0.2) is 0 Å². The van der Waals surface area contributed by atoms with Gasteiger partial charge in [0.2, 0.25) is 0 Å². The van der Waals surface area contributed by atoms with E-state index in [4.69, 9.17) is 5.73 Å². The molecule has 0 bridgehead atoms. The van der Waals surface area contributed by atoms with Crippen molar-refractivity contribution in [2.45, 2.75) is 129 Å². The Hall–Kier alpha value is -0.0400. The van der Waals surface area contributed by atoms with E-state index in [9.17, 15) is 0 Å². The summed E-state index contributed by atoms with van der Waals surface area (Å²) in [5.74, 6) is 0. The highest BCUT2D eigenvalue weighted by atomic mass is 14.5. The first-order chi connectivity index (χ1) is 10.9. The van der Waals surface area contributed by atoms with Crippen molar-refractivity contribution in [3.63, 3.8) is 0 Å². The molecule has 0 aliphatic heterocycles. The molecule has 0 atom stereocenters. The van der Waals surface area contributed by atoms with Crippen LogP contribution in [0.2, 0.25) is 0 Å². The van der Waals surface area contributed by atoms with Gasteiger partial charge in [-0.2, -0.15) is 0 Å². The van der Waals surface area contributed by atoms with E-state index in [0.29, 0.717) is 0 Å². The summed E-state index contributed by atoms with van der Waals surface area (Å²) in [6.07, 6.45) is 27.3. The molecular formula is C21H45N. The number of nitrogens with two attached hydrogens (primary N) is 1. The second kappa shape index (κ2) is 21.0. The lowest BCUT2D eigenvalue weighted by molar-refractivity contribution is 0.523. The summed E-state index contributed by atoms with van der Waals surface area (Å²) in [5, 5.41) is 0. The third-order valence-electron chi connectivity index (χ3n) is 4.81. The van der Waals surface area contributed by atoms with Gasteiger partial charge in [0, 0.05) is 0 Å². The first-order valence-electron chi connectivity index (χ1n) is 10.6. The van der Waals surface area contributed by atoms with Gasteiger partial charge in [0.25, 0.3) is 0 Å². The maximum Gasteiger partial charge on any atom is -0.00773 e. The summed E-state index contributed by atoms with van der Waals surface area (Å²) in [4.78, 5) is 0. The Bertz CT molecular complexity index is 159. The van der Waals surface area contributed by atoms with Gasteiger partial charge >= 0.3 is 0 Å². The fourth-order valence-corrected chi connectivity index (χ4v) is 3.22. The average Bonchev–Trinajstić information content (AvgIpc) is 2.54. The number of hydrogen-bond acceptors (Lipinski definition) is 1. The highest BCUT2D eigenvalue weighted by Gasteiger charge is 1.94. The van der Waals surface area contributed by atoms with Crippen LogP contribution in [0.4, 0.5) is 0 Å². The third-order valence-corrected chi connectivity index (χ3v) is 4.81. The standard InChI is InChI=1S/C21H45N/c1-2-3-4-5-6-7-8-9-10-11-12-13-14-15-16-17-18-19-20-21-22/h2-22H2,1H3. The van der Waals surface area contributed by atoms with Crippen molar-refractivity contribution in [2.24, 2.45) is 5.73 Å². The molecule has 1 nitrogen and oxygen atoms in total. The van der Waals surface area contributed by atoms with Crippen molar-refractivity contribution >= 4 is 0 Å². The van der Waals surface area contributed by atoms with Crippen molar-refractivity contribution in [1.82, 2.24) is 0 Å². The van der Waals surface area contributed by atoms with E-state index in [1.54, 1.807) is 0 Å². The smallest absolute Gasteiger partial charge is 0.00773 e. The molecule has 0 aromatic heterocycles. The van der Waals surface area contributed by atoms with Gasteiger partial charge in [0.1, 0.15) is 0 Å². The topological polar surface area (TPSA) is 26.0 Å². The molecule has 0 radical (unpaired) electrons. The Labute approximate surface area is 141 Å². The molecule has 2 N–H and O–H groups in total. The molecule has 0 aliphatic rings. The summed E-state index contributed by atoms with van der Waals surface area (Å²) in [5.41, 5.74) is 5.50. The number of unbranched alkanes of at least 4 members (excludes halogenated alkanes) is 18. The Morgan fingerprint density at radius 3 is 0.818 bits per heavy atom. The second-order valence-electron chi connectivity index (χ2n) is 7.15. The minimum atomic E-state index is 0.874. The largest absolute Gasteiger partial charge is 0.330 e. The molecule has 0 rings (SSSR count). The van der Waals surface area contributed by atoms with Gasteiger partial charge in [-0.3, -0.25) is 0 Å². The SMILES string of the molecule is CCCCCCCCCCCCCCCCCCCCCN. The van der Waals surface area contributed by atoms with Crippen LogP contribution in [0.15, 0.2) is 0 Å². The molecule has 0 aromatic carbocycles. The quantitative estimate of drug-likeness (QED) is 0.247. The molecule has 0 heterocycles. The lowest BCUT2D eigenvalue weighted by Gasteiger charge is -2.03. The van der Waals surface area contributed by atoms with E-state index < -0.39 is 0 Å². The first-order valence-corrected chi connectivity index (χ1v) is 10.6. The summed E-state index contributed by atoms with van der Waals surface area (Å²) >= 11 is 0. The average molecular weight is 312 g/mol. The van der Waals surface area contributed by atoms with Crippen LogP contribution in [0.1, 0.15) is 129 Å². The van der Waals surface area contributed by atoms with E-state index in [1.165, 1.54) is 122 Å². The number of hydrogen-bond donors (Lipinski definition) is 1. The van der Waals surface area contributed by atoms with Crippen LogP contribution in [0.25, 0.3) is 0 Å². The molecule has 0 saturated heterocycles.